The van der Waals surface area contributed by atoms with Crippen LogP contribution in [-0.2, 0) is 23.5 Å². The van der Waals surface area contributed by atoms with Gasteiger partial charge in [-0.25, -0.2) is 4.79 Å². The van der Waals surface area contributed by atoms with Crippen molar-refractivity contribution in [2.24, 2.45) is 17.8 Å². The summed E-state index contributed by atoms with van der Waals surface area (Å²) in [4.78, 5) is 25.3. The summed E-state index contributed by atoms with van der Waals surface area (Å²) in [6.45, 7) is 27.2. The largest absolute Gasteiger partial charge is 0.459 e. The number of rotatable bonds is 16. The maximum atomic E-state index is 13.0. The normalized spacial score (nSPS) is 12.9. The highest BCUT2D eigenvalue weighted by atomic mass is 28.4. The minimum absolute atomic E-state index is 0.0982. The van der Waals surface area contributed by atoms with Gasteiger partial charge in [-0.1, -0.05) is 210 Å². The average molecular weight is 765 g/mol. The first kappa shape index (κ1) is 46.9. The summed E-state index contributed by atoms with van der Waals surface area (Å²) in [5, 5.41) is 0. The second-order valence-corrected chi connectivity index (χ2v) is 21.2. The number of hydrogen-bond donors (Lipinski definition) is 0. The fourth-order valence-electron chi connectivity index (χ4n) is 6.99. The summed E-state index contributed by atoms with van der Waals surface area (Å²) >= 11 is 0. The van der Waals surface area contributed by atoms with Gasteiger partial charge < -0.3 is 13.9 Å². The maximum absolute atomic E-state index is 13.0. The molecule has 3 atom stereocenters. The van der Waals surface area contributed by atoms with E-state index in [1.54, 1.807) is 0 Å². The first-order valence-electron chi connectivity index (χ1n) is 20.0. The lowest BCUT2D eigenvalue weighted by Crippen LogP contribution is -2.52. The molecule has 0 radical (unpaired) electrons. The van der Waals surface area contributed by atoms with Gasteiger partial charge in [-0.05, 0) is 50.7 Å². The van der Waals surface area contributed by atoms with Gasteiger partial charge in [0.25, 0.3) is 0 Å². The van der Waals surface area contributed by atoms with Gasteiger partial charge in [0, 0.05) is 5.92 Å². The molecule has 0 N–H and O–H groups in total. The zero-order chi connectivity index (χ0) is 41.0. The molecule has 4 rings (SSSR count). The number of benzene rings is 4. The Bertz CT molecular complexity index is 1460. The molecule has 5 nitrogen and oxygen atoms in total. The molecule has 0 aliphatic rings. The van der Waals surface area contributed by atoms with E-state index in [0.717, 1.165) is 0 Å². The van der Waals surface area contributed by atoms with Crippen LogP contribution in [0.2, 0.25) is 16.6 Å². The molecule has 0 heterocycles. The first-order valence-corrected chi connectivity index (χ1v) is 22.1. The van der Waals surface area contributed by atoms with Crippen LogP contribution in [0.1, 0.15) is 82.6 Å². The molecule has 55 heavy (non-hydrogen) atoms. The number of ether oxygens (including phenoxy) is 2. The van der Waals surface area contributed by atoms with Gasteiger partial charge in [-0.3, -0.25) is 4.79 Å². The summed E-state index contributed by atoms with van der Waals surface area (Å²) in [7, 11) is -2.18. The van der Waals surface area contributed by atoms with Crippen molar-refractivity contribution < 1.29 is 23.5 Å². The van der Waals surface area contributed by atoms with Crippen molar-refractivity contribution in [1.82, 2.24) is 0 Å². The zero-order valence-corrected chi connectivity index (χ0v) is 36.4. The van der Waals surface area contributed by atoms with E-state index in [-0.39, 0.29) is 31.0 Å². The molecule has 0 saturated heterocycles. The Morgan fingerprint density at radius 2 is 0.909 bits per heavy atom. The molecule has 0 aliphatic carbocycles. The Hall–Kier alpha value is -4.26. The fraction of sp³-hybridized carbons (Fsp3) is 0.429. The highest BCUT2D eigenvalue weighted by molar-refractivity contribution is 6.77. The molecule has 0 amide bonds. The standard InChI is InChI=1S/C25H48O5Si.2C12H10/c1-13-14-28-25(27)24(17(4)5)29-23(26)15-22(21(12)16(2)3)30-31(18(6)7,19(8)9)20(10)11;2*1-3-7-11(8-4-1)12-9-5-2-6-10-12/h13,16-22,24H,1,14-15H2,2-12H3;2*1-10H/t21-,22+,24+;;/m1../s1. The molecular formula is C49H68O5Si. The van der Waals surface area contributed by atoms with Gasteiger partial charge in [-0.2, -0.15) is 0 Å². The Labute approximate surface area is 334 Å². The van der Waals surface area contributed by atoms with Crippen LogP contribution >= 0.6 is 0 Å². The van der Waals surface area contributed by atoms with Crippen molar-refractivity contribution in [2.75, 3.05) is 6.61 Å². The van der Waals surface area contributed by atoms with Crippen molar-refractivity contribution in [3.05, 3.63) is 134 Å². The average Bonchev–Trinajstić information content (AvgIpc) is 3.18. The van der Waals surface area contributed by atoms with Crippen LogP contribution in [0, 0.1) is 17.8 Å². The minimum atomic E-state index is -2.18. The molecule has 0 aliphatic heterocycles. The molecule has 0 saturated carbocycles. The lowest BCUT2D eigenvalue weighted by molar-refractivity contribution is -0.171. The van der Waals surface area contributed by atoms with Crippen molar-refractivity contribution in [2.45, 2.75) is 111 Å². The van der Waals surface area contributed by atoms with Crippen LogP contribution in [0.5, 0.6) is 0 Å². The molecule has 0 fully saturated rings. The molecule has 0 unspecified atom stereocenters. The summed E-state index contributed by atoms with van der Waals surface area (Å²) in [5.41, 5.74) is 6.36. The highest BCUT2D eigenvalue weighted by Gasteiger charge is 2.48. The lowest BCUT2D eigenvalue weighted by Gasteiger charge is -2.46. The Morgan fingerprint density at radius 3 is 1.18 bits per heavy atom. The van der Waals surface area contributed by atoms with Crippen LogP contribution in [-0.4, -0.2) is 39.1 Å². The Morgan fingerprint density at radius 1 is 0.564 bits per heavy atom. The van der Waals surface area contributed by atoms with Crippen LogP contribution in [0.4, 0.5) is 0 Å². The van der Waals surface area contributed by atoms with Crippen molar-refractivity contribution in [1.29, 1.82) is 0 Å². The van der Waals surface area contributed by atoms with Crippen molar-refractivity contribution in [3.63, 3.8) is 0 Å². The summed E-state index contributed by atoms with van der Waals surface area (Å²) in [6.07, 6.45) is 0.463. The predicted octanol–water partition coefficient (Wildman–Crippen LogP) is 13.2. The van der Waals surface area contributed by atoms with E-state index in [0.29, 0.717) is 22.5 Å². The van der Waals surface area contributed by atoms with Crippen LogP contribution in [0.25, 0.3) is 22.3 Å². The third kappa shape index (κ3) is 15.1. The molecule has 4 aromatic carbocycles. The van der Waals surface area contributed by atoms with Gasteiger partial charge in [0.1, 0.15) is 6.61 Å². The van der Waals surface area contributed by atoms with Crippen LogP contribution < -0.4 is 0 Å². The van der Waals surface area contributed by atoms with Gasteiger partial charge in [-0.15, -0.1) is 0 Å². The minimum Gasteiger partial charge on any atom is -0.459 e. The molecule has 0 aromatic heterocycles. The smallest absolute Gasteiger partial charge is 0.348 e. The SMILES string of the molecule is C=CCOC(=O)[C@@H](OC(=O)C[C@H](O[Si](C(C)C)(C(C)C)C(C)C)[C@H](C)C(C)C)C(C)C.c1ccc(-c2ccccc2)cc1.c1ccc(-c2ccccc2)cc1. The lowest BCUT2D eigenvalue weighted by atomic mass is 9.90. The highest BCUT2D eigenvalue weighted by Crippen LogP contribution is 2.44. The molecule has 6 heteroatoms. The van der Waals surface area contributed by atoms with Gasteiger partial charge in [0.15, 0.2) is 0 Å². The summed E-state index contributed by atoms with van der Waals surface area (Å²) < 4.78 is 17.7. The first-order chi connectivity index (χ1) is 26.1. The number of carbonyl (C=O) groups is 2. The third-order valence-corrected chi connectivity index (χ3v) is 16.4. The van der Waals surface area contributed by atoms with Crippen LogP contribution in [0.15, 0.2) is 134 Å². The topological polar surface area (TPSA) is 61.8 Å². The van der Waals surface area contributed by atoms with E-state index in [4.69, 9.17) is 13.9 Å². The Balaban J connectivity index is 0.000000346. The van der Waals surface area contributed by atoms with E-state index >= 15 is 0 Å². The predicted molar refractivity (Wildman–Crippen MR) is 234 cm³/mol. The van der Waals surface area contributed by atoms with E-state index < -0.39 is 26.4 Å². The number of carbonyl (C=O) groups excluding carboxylic acids is 2. The zero-order valence-electron chi connectivity index (χ0n) is 35.4. The van der Waals surface area contributed by atoms with Gasteiger partial charge >= 0.3 is 11.9 Å². The maximum Gasteiger partial charge on any atom is 0.348 e. The van der Waals surface area contributed by atoms with Gasteiger partial charge in [0.05, 0.1) is 12.5 Å². The third-order valence-electron chi connectivity index (χ3n) is 10.3. The molecular weight excluding hydrogens is 697 g/mol. The molecule has 0 spiro atoms. The number of hydrogen-bond acceptors (Lipinski definition) is 5. The van der Waals surface area contributed by atoms with E-state index in [9.17, 15) is 9.59 Å². The molecule has 4 aromatic rings. The fourth-order valence-corrected chi connectivity index (χ4v) is 12.6. The van der Waals surface area contributed by atoms with E-state index in [1.807, 2.05) is 38.1 Å². The van der Waals surface area contributed by atoms with Crippen molar-refractivity contribution >= 4 is 20.3 Å². The second kappa shape index (κ2) is 24.3. The number of esters is 2. The summed E-state index contributed by atoms with van der Waals surface area (Å²) in [5.74, 6) is -0.590. The quantitative estimate of drug-likeness (QED) is 0.0646. The Kier molecular flexibility index (Phi) is 20.7. The summed E-state index contributed by atoms with van der Waals surface area (Å²) in [6, 6.07) is 41.6. The van der Waals surface area contributed by atoms with Crippen molar-refractivity contribution in [3.8, 4) is 22.3 Å². The monoisotopic (exact) mass is 764 g/mol. The molecule has 0 bridgehead atoms. The van der Waals surface area contributed by atoms with E-state index in [2.05, 4.69) is 166 Å². The van der Waals surface area contributed by atoms with Gasteiger partial charge in [0.2, 0.25) is 14.4 Å². The molecule has 298 valence electrons. The van der Waals surface area contributed by atoms with Crippen LogP contribution in [0.3, 0.4) is 0 Å². The van der Waals surface area contributed by atoms with E-state index in [1.165, 1.54) is 28.3 Å². The second-order valence-electron chi connectivity index (χ2n) is 15.8.